The molecule has 0 saturated heterocycles. The predicted molar refractivity (Wildman–Crippen MR) is 139 cm³/mol. The minimum Gasteiger partial charge on any atom is -0.480 e. The zero-order valence-corrected chi connectivity index (χ0v) is 21.2. The van der Waals surface area contributed by atoms with Crippen LogP contribution in [0.15, 0.2) is 90.3 Å². The lowest BCUT2D eigenvalue weighted by Crippen LogP contribution is -2.35. The molecule has 0 aliphatic rings. The highest BCUT2D eigenvalue weighted by atomic mass is 32.2. The van der Waals surface area contributed by atoms with E-state index in [2.05, 4.69) is 25.1 Å². The molecular formula is C26H28N6O4S. The van der Waals surface area contributed by atoms with Crippen LogP contribution in [0.3, 0.4) is 0 Å². The summed E-state index contributed by atoms with van der Waals surface area (Å²) in [4.78, 5) is 20.2. The first-order valence-electron chi connectivity index (χ1n) is 11.7. The number of aliphatic carboxylic acids is 1. The molecule has 0 fully saturated rings. The number of anilines is 1. The van der Waals surface area contributed by atoms with Crippen molar-refractivity contribution in [1.82, 2.24) is 24.5 Å². The number of benzene rings is 1. The molecule has 10 nitrogen and oxygen atoms in total. The Labute approximate surface area is 215 Å². The minimum atomic E-state index is -3.92. The van der Waals surface area contributed by atoms with E-state index in [9.17, 15) is 18.3 Å². The molecule has 2 atom stereocenters. The van der Waals surface area contributed by atoms with Gasteiger partial charge in [0.1, 0.15) is 16.8 Å². The summed E-state index contributed by atoms with van der Waals surface area (Å²) in [5.41, 5.74) is 2.20. The molecule has 37 heavy (non-hydrogen) atoms. The fourth-order valence-corrected chi connectivity index (χ4v) is 4.98. The third-order valence-electron chi connectivity index (χ3n) is 5.75. The maximum atomic E-state index is 13.2. The minimum absolute atomic E-state index is 0.0362. The van der Waals surface area contributed by atoms with E-state index in [1.165, 1.54) is 18.5 Å². The van der Waals surface area contributed by atoms with Gasteiger partial charge in [-0.25, -0.2) is 27.6 Å². The molecule has 3 aromatic heterocycles. The molecule has 3 heterocycles. The Morgan fingerprint density at radius 1 is 1.03 bits per heavy atom. The summed E-state index contributed by atoms with van der Waals surface area (Å²) < 4.78 is 30.8. The third kappa shape index (κ3) is 6.57. The van der Waals surface area contributed by atoms with Crippen LogP contribution in [0, 0.1) is 5.92 Å². The van der Waals surface area contributed by atoms with Crippen molar-refractivity contribution in [1.29, 1.82) is 0 Å². The summed E-state index contributed by atoms with van der Waals surface area (Å²) in [6.07, 6.45) is 6.62. The summed E-state index contributed by atoms with van der Waals surface area (Å²) in [7, 11) is -3.92. The number of pyridine rings is 2. The maximum Gasteiger partial charge on any atom is 0.326 e. The lowest BCUT2D eigenvalue weighted by molar-refractivity contribution is -0.138. The molecule has 192 valence electrons. The number of sulfonamides is 1. The number of aromatic nitrogens is 4. The lowest BCUT2D eigenvalue weighted by Gasteiger charge is -2.22. The van der Waals surface area contributed by atoms with E-state index < -0.39 is 28.1 Å². The number of nitrogens with one attached hydrogen (secondary N) is 2. The molecule has 1 aromatic carbocycles. The molecule has 2 unspecified atom stereocenters. The van der Waals surface area contributed by atoms with Gasteiger partial charge in [0.05, 0.1) is 17.4 Å². The van der Waals surface area contributed by atoms with Gasteiger partial charge in [0.25, 0.3) is 0 Å². The number of rotatable bonds is 11. The number of carboxylic acid groups (broad SMARTS) is 1. The normalized spacial score (nSPS) is 13.3. The fraction of sp³-hybridized carbons (Fsp3) is 0.231. The van der Waals surface area contributed by atoms with Crippen molar-refractivity contribution in [3.63, 3.8) is 0 Å². The van der Waals surface area contributed by atoms with Gasteiger partial charge in [0.2, 0.25) is 10.0 Å². The maximum absolute atomic E-state index is 13.2. The zero-order valence-electron chi connectivity index (χ0n) is 20.4. The second kappa shape index (κ2) is 11.3. The van der Waals surface area contributed by atoms with Gasteiger partial charge in [0, 0.05) is 24.8 Å². The molecule has 4 aromatic rings. The Morgan fingerprint density at radius 2 is 1.81 bits per heavy atom. The van der Waals surface area contributed by atoms with Crippen LogP contribution < -0.4 is 10.0 Å². The average molecular weight is 521 g/mol. The van der Waals surface area contributed by atoms with E-state index in [1.54, 1.807) is 49.0 Å². The summed E-state index contributed by atoms with van der Waals surface area (Å²) in [6, 6.07) is 16.0. The molecule has 4 rings (SSSR count). The topological polar surface area (TPSA) is 139 Å². The van der Waals surface area contributed by atoms with Crippen LogP contribution in [0.2, 0.25) is 0 Å². The first-order valence-corrected chi connectivity index (χ1v) is 13.2. The third-order valence-corrected chi connectivity index (χ3v) is 7.21. The number of nitrogens with zero attached hydrogens (tertiary/aromatic N) is 4. The van der Waals surface area contributed by atoms with E-state index in [0.29, 0.717) is 17.9 Å². The molecule has 3 N–H and O–H groups in total. The van der Waals surface area contributed by atoms with E-state index in [0.717, 1.165) is 11.3 Å². The highest BCUT2D eigenvalue weighted by Gasteiger charge is 2.25. The van der Waals surface area contributed by atoms with Gasteiger partial charge < -0.3 is 10.4 Å². The van der Waals surface area contributed by atoms with Crippen LogP contribution in [0.25, 0.3) is 5.69 Å². The first kappa shape index (κ1) is 26.0. The van der Waals surface area contributed by atoms with Crippen LogP contribution >= 0.6 is 0 Å². The second-order valence-electron chi connectivity index (χ2n) is 8.84. The number of hydrogen-bond donors (Lipinski definition) is 3. The van der Waals surface area contributed by atoms with Crippen molar-refractivity contribution >= 4 is 21.8 Å². The Kier molecular flexibility index (Phi) is 7.95. The van der Waals surface area contributed by atoms with Crippen molar-refractivity contribution in [2.75, 3.05) is 5.32 Å². The highest BCUT2D eigenvalue weighted by molar-refractivity contribution is 7.89. The first-order chi connectivity index (χ1) is 17.7. The van der Waals surface area contributed by atoms with Crippen molar-refractivity contribution in [3.8, 4) is 5.69 Å². The van der Waals surface area contributed by atoms with Crippen molar-refractivity contribution in [3.05, 3.63) is 96.7 Å². The lowest BCUT2D eigenvalue weighted by atomic mass is 10.0. The Morgan fingerprint density at radius 3 is 2.43 bits per heavy atom. The molecular weight excluding hydrogens is 492 g/mol. The predicted octanol–water partition coefficient (Wildman–Crippen LogP) is 3.45. The fourth-order valence-electron chi connectivity index (χ4n) is 3.81. The van der Waals surface area contributed by atoms with Crippen LogP contribution in [0.1, 0.15) is 31.1 Å². The summed E-state index contributed by atoms with van der Waals surface area (Å²) >= 11 is 0. The highest BCUT2D eigenvalue weighted by Crippen LogP contribution is 2.23. The van der Waals surface area contributed by atoms with E-state index in [1.807, 2.05) is 36.5 Å². The van der Waals surface area contributed by atoms with E-state index in [-0.39, 0.29) is 10.8 Å². The zero-order chi connectivity index (χ0) is 26.4. The summed E-state index contributed by atoms with van der Waals surface area (Å²) in [5, 5.41) is 16.7. The SMILES string of the molecule is CC(C)C(Nc1cccc(C(Cc2ccc(-n3cccn3)cc2)NS(=O)(=O)c2cccnc2)n1)C(=O)O. The number of carbonyl (C=O) groups is 1. The van der Waals surface area contributed by atoms with Gasteiger partial charge in [-0.05, 0) is 60.4 Å². The quantitative estimate of drug-likeness (QED) is 0.273. The standard InChI is InChI=1S/C26H28N6O4S/c1-18(2)25(26(33)34)30-24-8-3-7-22(29-24)23(31-37(35,36)21-6-4-13-27-17-21)16-19-9-11-20(12-10-19)32-15-5-14-28-32/h3-15,17-18,23,25,31H,16H2,1-2H3,(H,29,30)(H,33,34). The molecule has 11 heteroatoms. The molecule has 0 bridgehead atoms. The average Bonchev–Trinajstić information content (AvgIpc) is 3.43. The Bertz CT molecular complexity index is 1430. The number of carboxylic acids is 1. The molecule has 0 saturated carbocycles. The van der Waals surface area contributed by atoms with E-state index in [4.69, 9.17) is 0 Å². The van der Waals surface area contributed by atoms with Gasteiger partial charge in [-0.15, -0.1) is 0 Å². The molecule has 0 aliphatic carbocycles. The van der Waals surface area contributed by atoms with Crippen LogP contribution in [0.5, 0.6) is 0 Å². The van der Waals surface area contributed by atoms with Crippen molar-refractivity contribution in [2.24, 2.45) is 5.92 Å². The largest absolute Gasteiger partial charge is 0.480 e. The molecule has 0 aliphatic heterocycles. The van der Waals surface area contributed by atoms with Crippen molar-refractivity contribution in [2.45, 2.75) is 37.2 Å². The monoisotopic (exact) mass is 520 g/mol. The Balaban J connectivity index is 1.65. The second-order valence-corrected chi connectivity index (χ2v) is 10.5. The Hall–Kier alpha value is -4.09. The molecule has 0 radical (unpaired) electrons. The van der Waals surface area contributed by atoms with Gasteiger partial charge in [-0.2, -0.15) is 5.10 Å². The summed E-state index contributed by atoms with van der Waals surface area (Å²) in [5.74, 6) is -0.831. The van der Waals surface area contributed by atoms with Gasteiger partial charge >= 0.3 is 5.97 Å². The van der Waals surface area contributed by atoms with Crippen LogP contribution in [-0.2, 0) is 21.2 Å². The smallest absolute Gasteiger partial charge is 0.326 e. The van der Waals surface area contributed by atoms with Crippen LogP contribution in [0.4, 0.5) is 5.82 Å². The number of hydrogen-bond acceptors (Lipinski definition) is 7. The molecule has 0 amide bonds. The van der Waals surface area contributed by atoms with Crippen LogP contribution in [-0.4, -0.2) is 45.3 Å². The molecule has 0 spiro atoms. The van der Waals surface area contributed by atoms with Gasteiger partial charge in [0.15, 0.2) is 0 Å². The van der Waals surface area contributed by atoms with Gasteiger partial charge in [-0.1, -0.05) is 32.0 Å². The van der Waals surface area contributed by atoms with E-state index >= 15 is 0 Å². The van der Waals surface area contributed by atoms with Crippen molar-refractivity contribution < 1.29 is 18.3 Å². The van der Waals surface area contributed by atoms with Gasteiger partial charge in [-0.3, -0.25) is 4.98 Å². The summed E-state index contributed by atoms with van der Waals surface area (Å²) in [6.45, 7) is 3.60.